The maximum absolute atomic E-state index is 12.8. The summed E-state index contributed by atoms with van der Waals surface area (Å²) in [5.74, 6) is -0.984. The SMILES string of the molecule is Cc1cc(Oc2ccc(-n3cncn3)cc2)n2nc(C(F)(F)F)nc2n1. The summed E-state index contributed by atoms with van der Waals surface area (Å²) < 4.78 is 46.7. The molecular weight excluding hydrogens is 351 g/mol. The normalized spacial score (nSPS) is 11.8. The smallest absolute Gasteiger partial charge is 0.439 e. The van der Waals surface area contributed by atoms with Gasteiger partial charge in [0.2, 0.25) is 5.88 Å². The topological polar surface area (TPSA) is 83.0 Å². The zero-order chi connectivity index (χ0) is 18.3. The number of halogens is 3. The maximum atomic E-state index is 12.8. The molecule has 3 heterocycles. The zero-order valence-corrected chi connectivity index (χ0v) is 13.2. The molecule has 0 amide bonds. The molecule has 0 radical (unpaired) electrons. The van der Waals surface area contributed by atoms with E-state index in [9.17, 15) is 13.2 Å². The molecule has 0 atom stereocenters. The number of ether oxygens (including phenoxy) is 1. The van der Waals surface area contributed by atoms with Crippen LogP contribution in [0.15, 0.2) is 43.0 Å². The average molecular weight is 361 g/mol. The third-order valence-corrected chi connectivity index (χ3v) is 3.40. The Balaban J connectivity index is 1.69. The molecule has 1 aromatic carbocycles. The van der Waals surface area contributed by atoms with E-state index >= 15 is 0 Å². The van der Waals surface area contributed by atoms with E-state index in [1.807, 2.05) is 0 Å². The summed E-state index contributed by atoms with van der Waals surface area (Å²) in [6.45, 7) is 1.63. The summed E-state index contributed by atoms with van der Waals surface area (Å²) >= 11 is 0. The number of alkyl halides is 3. The van der Waals surface area contributed by atoms with Crippen LogP contribution in [0.4, 0.5) is 13.2 Å². The maximum Gasteiger partial charge on any atom is 0.453 e. The molecule has 4 rings (SSSR count). The van der Waals surface area contributed by atoms with Gasteiger partial charge < -0.3 is 4.74 Å². The molecule has 8 nitrogen and oxygen atoms in total. The van der Waals surface area contributed by atoms with Gasteiger partial charge in [0.1, 0.15) is 18.4 Å². The van der Waals surface area contributed by atoms with Crippen molar-refractivity contribution in [2.24, 2.45) is 0 Å². The second-order valence-corrected chi connectivity index (χ2v) is 5.32. The molecule has 0 aliphatic rings. The van der Waals surface area contributed by atoms with Crippen molar-refractivity contribution in [3.8, 4) is 17.3 Å². The predicted molar refractivity (Wildman–Crippen MR) is 82.0 cm³/mol. The van der Waals surface area contributed by atoms with Crippen LogP contribution >= 0.6 is 0 Å². The van der Waals surface area contributed by atoms with Crippen molar-refractivity contribution in [2.75, 3.05) is 0 Å². The lowest BCUT2D eigenvalue weighted by Crippen LogP contribution is -2.07. The Labute approximate surface area is 143 Å². The Morgan fingerprint density at radius 1 is 1.08 bits per heavy atom. The van der Waals surface area contributed by atoms with Gasteiger partial charge >= 0.3 is 6.18 Å². The minimum absolute atomic E-state index is 0.0732. The standard InChI is InChI=1S/C15H10F3N7O/c1-9-6-12(25-14(21-9)22-13(23-25)15(16,17)18)26-11-4-2-10(3-5-11)24-8-19-7-20-24/h2-8H,1H3. The van der Waals surface area contributed by atoms with Crippen LogP contribution in [0, 0.1) is 6.92 Å². The molecule has 26 heavy (non-hydrogen) atoms. The van der Waals surface area contributed by atoms with Crippen molar-refractivity contribution in [1.82, 2.24) is 34.3 Å². The van der Waals surface area contributed by atoms with E-state index in [4.69, 9.17) is 4.74 Å². The van der Waals surface area contributed by atoms with Gasteiger partial charge in [-0.15, -0.1) is 5.10 Å². The van der Waals surface area contributed by atoms with Crippen LogP contribution in [0.5, 0.6) is 11.6 Å². The monoisotopic (exact) mass is 361 g/mol. The summed E-state index contributed by atoms with van der Waals surface area (Å²) in [5.41, 5.74) is 1.21. The number of fused-ring (bicyclic) bond motifs is 1. The number of hydrogen-bond acceptors (Lipinski definition) is 6. The largest absolute Gasteiger partial charge is 0.453 e. The van der Waals surface area contributed by atoms with Crippen LogP contribution in [0.1, 0.15) is 11.5 Å². The zero-order valence-electron chi connectivity index (χ0n) is 13.2. The molecule has 11 heteroatoms. The van der Waals surface area contributed by atoms with Gasteiger partial charge in [-0.05, 0) is 31.2 Å². The van der Waals surface area contributed by atoms with Crippen molar-refractivity contribution in [2.45, 2.75) is 13.1 Å². The Bertz CT molecular complexity index is 1060. The van der Waals surface area contributed by atoms with Gasteiger partial charge in [0.15, 0.2) is 0 Å². The highest BCUT2D eigenvalue weighted by Crippen LogP contribution is 2.29. The number of nitrogens with zero attached hydrogens (tertiary/aromatic N) is 7. The lowest BCUT2D eigenvalue weighted by molar-refractivity contribution is -0.144. The molecule has 0 unspecified atom stereocenters. The summed E-state index contributed by atoms with van der Waals surface area (Å²) in [4.78, 5) is 11.2. The lowest BCUT2D eigenvalue weighted by Gasteiger charge is -2.08. The quantitative estimate of drug-likeness (QED) is 0.558. The van der Waals surface area contributed by atoms with Crippen molar-refractivity contribution in [3.63, 3.8) is 0 Å². The van der Waals surface area contributed by atoms with Crippen LogP contribution in [0.2, 0.25) is 0 Å². The fraction of sp³-hybridized carbons (Fsp3) is 0.133. The van der Waals surface area contributed by atoms with E-state index in [-0.39, 0.29) is 11.7 Å². The van der Waals surface area contributed by atoms with Gasteiger partial charge in [0, 0.05) is 11.8 Å². The van der Waals surface area contributed by atoms with Gasteiger partial charge in [0.25, 0.3) is 11.6 Å². The first-order valence-electron chi connectivity index (χ1n) is 7.35. The van der Waals surface area contributed by atoms with Gasteiger partial charge in [0.05, 0.1) is 5.69 Å². The Kier molecular flexibility index (Phi) is 3.56. The molecule has 0 saturated carbocycles. The van der Waals surface area contributed by atoms with Crippen molar-refractivity contribution < 1.29 is 17.9 Å². The van der Waals surface area contributed by atoms with E-state index in [0.29, 0.717) is 11.4 Å². The van der Waals surface area contributed by atoms with Crippen LogP contribution < -0.4 is 4.74 Å². The molecular formula is C15H10F3N7O. The first kappa shape index (κ1) is 16.0. The highest BCUT2D eigenvalue weighted by atomic mass is 19.4. The third kappa shape index (κ3) is 2.94. The number of aryl methyl sites for hydroxylation is 1. The van der Waals surface area contributed by atoms with Crippen molar-refractivity contribution >= 4 is 5.78 Å². The molecule has 0 N–H and O–H groups in total. The first-order chi connectivity index (χ1) is 12.4. The molecule has 0 saturated heterocycles. The fourth-order valence-corrected chi connectivity index (χ4v) is 2.28. The van der Waals surface area contributed by atoms with Gasteiger partial charge in [-0.1, -0.05) is 0 Å². The molecule has 0 fully saturated rings. The first-order valence-corrected chi connectivity index (χ1v) is 7.35. The summed E-state index contributed by atoms with van der Waals surface area (Å²) in [6, 6.07) is 8.25. The van der Waals surface area contributed by atoms with E-state index in [0.717, 1.165) is 10.2 Å². The summed E-state index contributed by atoms with van der Waals surface area (Å²) in [6.07, 6.45) is -1.72. The molecule has 4 aromatic rings. The molecule has 3 aromatic heterocycles. The van der Waals surface area contributed by atoms with Crippen LogP contribution in [-0.4, -0.2) is 34.3 Å². The lowest BCUT2D eigenvalue weighted by atomic mass is 10.3. The van der Waals surface area contributed by atoms with E-state index in [2.05, 4.69) is 25.1 Å². The van der Waals surface area contributed by atoms with Crippen molar-refractivity contribution in [3.05, 3.63) is 54.5 Å². The minimum atomic E-state index is -4.67. The molecule has 0 bridgehead atoms. The van der Waals surface area contributed by atoms with Gasteiger partial charge in [-0.2, -0.15) is 27.8 Å². The van der Waals surface area contributed by atoms with Crippen LogP contribution in [0.3, 0.4) is 0 Å². The number of benzene rings is 1. The highest BCUT2D eigenvalue weighted by molar-refractivity contribution is 5.40. The van der Waals surface area contributed by atoms with E-state index in [1.165, 1.54) is 12.4 Å². The highest BCUT2D eigenvalue weighted by Gasteiger charge is 2.37. The number of aromatic nitrogens is 7. The average Bonchev–Trinajstić information content (AvgIpc) is 3.24. The molecule has 0 aliphatic heterocycles. The Morgan fingerprint density at radius 3 is 2.50 bits per heavy atom. The molecule has 0 spiro atoms. The third-order valence-electron chi connectivity index (χ3n) is 3.40. The predicted octanol–water partition coefficient (Wildman–Crippen LogP) is 2.82. The number of hydrogen-bond donors (Lipinski definition) is 0. The molecule has 132 valence electrons. The second-order valence-electron chi connectivity index (χ2n) is 5.32. The Morgan fingerprint density at radius 2 is 1.85 bits per heavy atom. The molecule has 0 aliphatic carbocycles. The minimum Gasteiger partial charge on any atom is -0.439 e. The van der Waals surface area contributed by atoms with Gasteiger partial charge in [-0.3, -0.25) is 0 Å². The van der Waals surface area contributed by atoms with Crippen LogP contribution in [0.25, 0.3) is 11.5 Å². The number of rotatable bonds is 3. The second kappa shape index (κ2) is 5.79. The summed E-state index contributed by atoms with van der Waals surface area (Å²) in [7, 11) is 0. The van der Waals surface area contributed by atoms with E-state index < -0.39 is 12.0 Å². The van der Waals surface area contributed by atoms with Crippen molar-refractivity contribution in [1.29, 1.82) is 0 Å². The van der Waals surface area contributed by atoms with E-state index in [1.54, 1.807) is 42.2 Å². The Hall–Kier alpha value is -3.50. The van der Waals surface area contributed by atoms with Gasteiger partial charge in [-0.25, -0.2) is 14.6 Å². The summed E-state index contributed by atoms with van der Waals surface area (Å²) in [5, 5.41) is 7.46. The fourth-order valence-electron chi connectivity index (χ4n) is 2.28. The van der Waals surface area contributed by atoms with Crippen LogP contribution in [-0.2, 0) is 6.18 Å².